The molecule has 11 nitrogen and oxygen atoms in total. The molecule has 7 N–H and O–H groups in total. The van der Waals surface area contributed by atoms with Gasteiger partial charge in [0.1, 0.15) is 0 Å². The highest BCUT2D eigenvalue weighted by atomic mass is 31.2. The standard InChI is InChI=1S/C7H14O11P2/c1-6(2,3(4(8)9)5(10)11)7(12,19(13,14)15)20(16,17)18/h3,12H,1-2H3,(H,8,9)(H,10,11)(H2,13,14,15)(H2,16,17,18). The van der Waals surface area contributed by atoms with Gasteiger partial charge in [-0.15, -0.1) is 0 Å². The third-order valence-corrected chi connectivity index (χ3v) is 7.23. The number of hydrogen-bond donors (Lipinski definition) is 7. The second kappa shape index (κ2) is 5.19. The van der Waals surface area contributed by atoms with Crippen LogP contribution in [0, 0.1) is 11.3 Å². The van der Waals surface area contributed by atoms with Gasteiger partial charge < -0.3 is 34.9 Å². The first kappa shape index (κ1) is 19.2. The molecule has 0 aromatic carbocycles. The normalized spacial score (nSPS) is 14.4. The highest BCUT2D eigenvalue weighted by Gasteiger charge is 2.72. The van der Waals surface area contributed by atoms with Gasteiger partial charge in [-0.25, -0.2) is 0 Å². The molecular weight excluding hydrogens is 322 g/mol. The van der Waals surface area contributed by atoms with E-state index in [4.69, 9.17) is 29.8 Å². The molecule has 0 amide bonds. The van der Waals surface area contributed by atoms with Gasteiger partial charge in [-0.05, 0) is 0 Å². The van der Waals surface area contributed by atoms with Gasteiger partial charge in [0.15, 0.2) is 5.92 Å². The Morgan fingerprint density at radius 3 is 1.30 bits per heavy atom. The highest BCUT2D eigenvalue weighted by Crippen LogP contribution is 2.75. The van der Waals surface area contributed by atoms with Gasteiger partial charge in [-0.2, -0.15) is 0 Å². The van der Waals surface area contributed by atoms with Crippen molar-refractivity contribution in [1.82, 2.24) is 0 Å². The number of rotatable bonds is 6. The lowest BCUT2D eigenvalue weighted by Crippen LogP contribution is -2.53. The van der Waals surface area contributed by atoms with Gasteiger partial charge in [0.25, 0.3) is 5.08 Å². The maximum absolute atomic E-state index is 11.3. The minimum atomic E-state index is -6.00. The van der Waals surface area contributed by atoms with Crippen LogP contribution in [-0.2, 0) is 18.7 Å². The third kappa shape index (κ3) is 2.79. The van der Waals surface area contributed by atoms with E-state index in [1.807, 2.05) is 0 Å². The SMILES string of the molecule is CC(C)(C(C(=O)O)C(=O)O)C(O)(P(=O)(O)O)P(=O)(O)O. The average molecular weight is 336 g/mol. The molecule has 0 saturated heterocycles. The Morgan fingerprint density at radius 1 is 0.900 bits per heavy atom. The largest absolute Gasteiger partial charge is 0.481 e. The second-order valence-corrected chi connectivity index (χ2v) is 8.38. The molecule has 0 atom stereocenters. The zero-order valence-electron chi connectivity index (χ0n) is 10.2. The highest BCUT2D eigenvalue weighted by molar-refractivity contribution is 7.72. The molecule has 0 aliphatic carbocycles. The third-order valence-electron chi connectivity index (χ3n) is 2.89. The minimum absolute atomic E-state index is 0.526. The maximum atomic E-state index is 11.3. The van der Waals surface area contributed by atoms with Crippen LogP contribution in [0.15, 0.2) is 0 Å². The molecule has 0 aromatic heterocycles. The minimum Gasteiger partial charge on any atom is -0.481 e. The second-order valence-electron chi connectivity index (χ2n) is 4.55. The molecule has 0 aromatic rings. The molecule has 20 heavy (non-hydrogen) atoms. The summed E-state index contributed by atoms with van der Waals surface area (Å²) in [4.78, 5) is 57.8. The van der Waals surface area contributed by atoms with Gasteiger partial charge in [0.05, 0.1) is 0 Å². The van der Waals surface area contributed by atoms with Crippen molar-refractivity contribution < 1.29 is 53.6 Å². The van der Waals surface area contributed by atoms with Crippen molar-refractivity contribution >= 4 is 27.1 Å². The number of carbonyl (C=O) groups is 2. The summed E-state index contributed by atoms with van der Waals surface area (Å²) in [7, 11) is -12.0. The average Bonchev–Trinajstić information content (AvgIpc) is 2.09. The summed E-state index contributed by atoms with van der Waals surface area (Å²) in [5.74, 6) is -6.92. The molecule has 0 spiro atoms. The summed E-state index contributed by atoms with van der Waals surface area (Å²) in [6.07, 6.45) is 0. The van der Waals surface area contributed by atoms with Crippen LogP contribution in [0.4, 0.5) is 0 Å². The lowest BCUT2D eigenvalue weighted by atomic mass is 9.79. The van der Waals surface area contributed by atoms with Crippen LogP contribution in [0.2, 0.25) is 0 Å². The summed E-state index contributed by atoms with van der Waals surface area (Å²) in [6, 6.07) is 0. The van der Waals surface area contributed by atoms with Crippen LogP contribution in [0.5, 0.6) is 0 Å². The van der Waals surface area contributed by atoms with Crippen molar-refractivity contribution in [3.63, 3.8) is 0 Å². The van der Waals surface area contributed by atoms with Crippen molar-refractivity contribution in [3.05, 3.63) is 0 Å². The summed E-state index contributed by atoms with van der Waals surface area (Å²) in [6.45, 7) is 1.05. The fourth-order valence-electron chi connectivity index (χ4n) is 1.84. The molecule has 0 fully saturated rings. The van der Waals surface area contributed by atoms with Crippen molar-refractivity contribution in [3.8, 4) is 0 Å². The van der Waals surface area contributed by atoms with E-state index in [0.29, 0.717) is 13.8 Å². The molecular formula is C7H14O11P2. The fraction of sp³-hybridized carbons (Fsp3) is 0.714. The Kier molecular flexibility index (Phi) is 4.99. The van der Waals surface area contributed by atoms with Crippen molar-refractivity contribution in [2.24, 2.45) is 11.3 Å². The zero-order valence-corrected chi connectivity index (χ0v) is 12.0. The monoisotopic (exact) mass is 336 g/mol. The lowest BCUT2D eigenvalue weighted by molar-refractivity contribution is -0.164. The topological polar surface area (TPSA) is 210 Å². The smallest absolute Gasteiger partial charge is 0.370 e. The van der Waals surface area contributed by atoms with Gasteiger partial charge in [0.2, 0.25) is 0 Å². The quantitative estimate of drug-likeness (QED) is 0.226. The number of carboxylic acid groups (broad SMARTS) is 2. The van der Waals surface area contributed by atoms with E-state index in [0.717, 1.165) is 0 Å². The van der Waals surface area contributed by atoms with Crippen LogP contribution < -0.4 is 0 Å². The van der Waals surface area contributed by atoms with Crippen LogP contribution in [-0.4, -0.2) is 51.9 Å². The van der Waals surface area contributed by atoms with Crippen molar-refractivity contribution in [1.29, 1.82) is 0 Å². The molecule has 0 unspecified atom stereocenters. The Hall–Kier alpha value is -0.800. The van der Waals surface area contributed by atoms with Crippen LogP contribution in [0.1, 0.15) is 13.8 Å². The first-order valence-corrected chi connectivity index (χ1v) is 8.03. The molecule has 0 heterocycles. The van der Waals surface area contributed by atoms with Gasteiger partial charge >= 0.3 is 27.1 Å². The first-order valence-electron chi connectivity index (χ1n) is 4.81. The van der Waals surface area contributed by atoms with Crippen LogP contribution in [0.25, 0.3) is 0 Å². The Bertz CT molecular complexity index is 475. The molecule has 0 saturated carbocycles. The van der Waals surface area contributed by atoms with E-state index in [9.17, 15) is 23.8 Å². The molecule has 13 heteroatoms. The maximum Gasteiger partial charge on any atom is 0.370 e. The van der Waals surface area contributed by atoms with E-state index in [1.54, 1.807) is 0 Å². The molecule has 0 aliphatic rings. The number of carboxylic acids is 2. The fourth-order valence-corrected chi connectivity index (χ4v) is 4.95. The molecule has 0 rings (SSSR count). The van der Waals surface area contributed by atoms with Crippen molar-refractivity contribution in [2.45, 2.75) is 18.9 Å². The Balaban J connectivity index is 6.49. The van der Waals surface area contributed by atoms with E-state index in [2.05, 4.69) is 0 Å². The van der Waals surface area contributed by atoms with E-state index in [1.165, 1.54) is 0 Å². The molecule has 118 valence electrons. The summed E-state index contributed by atoms with van der Waals surface area (Å²) >= 11 is 0. The number of aliphatic hydroxyl groups is 1. The number of hydrogen-bond acceptors (Lipinski definition) is 5. The predicted octanol–water partition coefficient (Wildman–Crippen LogP) is -1.20. The summed E-state index contributed by atoms with van der Waals surface area (Å²) in [5.41, 5.74) is -2.89. The van der Waals surface area contributed by atoms with Gasteiger partial charge in [-0.1, -0.05) is 13.8 Å². The Morgan fingerprint density at radius 2 is 1.15 bits per heavy atom. The summed E-state index contributed by atoms with van der Waals surface area (Å²) in [5, 5.41) is 23.2. The Labute approximate surface area is 112 Å². The van der Waals surface area contributed by atoms with Crippen molar-refractivity contribution in [2.75, 3.05) is 0 Å². The van der Waals surface area contributed by atoms with Crippen LogP contribution in [0.3, 0.4) is 0 Å². The predicted molar refractivity (Wildman–Crippen MR) is 61.6 cm³/mol. The zero-order chi connectivity index (χ0) is 16.7. The molecule has 0 radical (unpaired) electrons. The first-order chi connectivity index (χ1) is 8.51. The lowest BCUT2D eigenvalue weighted by Gasteiger charge is -2.43. The van der Waals surface area contributed by atoms with E-state index < -0.39 is 43.5 Å². The van der Waals surface area contributed by atoms with Gasteiger partial charge in [0, 0.05) is 5.41 Å². The molecule has 0 bridgehead atoms. The van der Waals surface area contributed by atoms with Gasteiger partial charge in [-0.3, -0.25) is 18.7 Å². The van der Waals surface area contributed by atoms with Crippen LogP contribution >= 0.6 is 15.2 Å². The molecule has 0 aliphatic heterocycles. The number of aliphatic carboxylic acids is 2. The van der Waals surface area contributed by atoms with E-state index in [-0.39, 0.29) is 0 Å². The summed E-state index contributed by atoms with van der Waals surface area (Å²) < 4.78 is 22.5. The van der Waals surface area contributed by atoms with E-state index >= 15 is 0 Å².